The smallest absolute Gasteiger partial charge is 0.201 e. The molecule has 1 aliphatic heterocycles. The second-order valence-corrected chi connectivity index (χ2v) is 7.60. The van der Waals surface area contributed by atoms with E-state index >= 15 is 0 Å². The summed E-state index contributed by atoms with van der Waals surface area (Å²) in [4.78, 5) is 11.7. The van der Waals surface area contributed by atoms with Gasteiger partial charge in [-0.25, -0.2) is 18.1 Å². The molecule has 3 aromatic rings. The predicted molar refractivity (Wildman–Crippen MR) is 108 cm³/mol. The van der Waals surface area contributed by atoms with Crippen LogP contribution in [0.5, 0.6) is 0 Å². The summed E-state index contributed by atoms with van der Waals surface area (Å²) in [7, 11) is -2.59. The maximum absolute atomic E-state index is 10.7. The van der Waals surface area contributed by atoms with E-state index in [0.29, 0.717) is 6.54 Å². The first-order chi connectivity index (χ1) is 13.2. The minimum absolute atomic E-state index is 0.291. The Hall–Kier alpha value is -2.51. The van der Waals surface area contributed by atoms with Crippen molar-refractivity contribution in [3.05, 3.63) is 54.2 Å². The minimum atomic E-state index is -2.59. The van der Waals surface area contributed by atoms with Crippen LogP contribution < -0.4 is 9.62 Å². The van der Waals surface area contributed by atoms with Gasteiger partial charge < -0.3 is 4.90 Å². The zero-order chi connectivity index (χ0) is 18.6. The topological polar surface area (TPSA) is 75.2 Å². The largest absolute Gasteiger partial charge is 0.355 e. The lowest BCUT2D eigenvalue weighted by Crippen LogP contribution is -2.30. The SMILES string of the molecule is O=[SH](=O)NCc1cccc(-c2ccc3ncc(N4CCCCC4)nc3c2)c1. The standard InChI is InChI=1S/C20H22N4O2S/c25-27(26)22-13-15-5-4-6-16(11-15)17-7-8-18-19(12-17)23-20(14-21-18)24-9-2-1-3-10-24/h4-8,11-12,14,27H,1-3,9-10,13H2,(H,22,25,26). The Morgan fingerprint density at radius 2 is 1.78 bits per heavy atom. The van der Waals surface area contributed by atoms with Crippen molar-refractivity contribution in [3.8, 4) is 11.1 Å². The molecule has 1 aliphatic rings. The van der Waals surface area contributed by atoms with E-state index in [-0.39, 0.29) is 0 Å². The highest BCUT2D eigenvalue weighted by molar-refractivity contribution is 7.70. The third-order valence-corrected chi connectivity index (χ3v) is 5.30. The lowest BCUT2D eigenvalue weighted by molar-refractivity contribution is 0.573. The number of fused-ring (bicyclic) bond motifs is 1. The molecule has 6 nitrogen and oxygen atoms in total. The Kier molecular flexibility index (Phi) is 5.31. The second-order valence-electron chi connectivity index (χ2n) is 6.77. The van der Waals surface area contributed by atoms with Crippen molar-refractivity contribution in [2.45, 2.75) is 25.8 Å². The summed E-state index contributed by atoms with van der Waals surface area (Å²) >= 11 is 0. The summed E-state index contributed by atoms with van der Waals surface area (Å²) in [6, 6.07) is 13.9. The van der Waals surface area contributed by atoms with E-state index < -0.39 is 10.9 Å². The maximum atomic E-state index is 10.7. The Morgan fingerprint density at radius 3 is 2.59 bits per heavy atom. The van der Waals surface area contributed by atoms with Crippen molar-refractivity contribution in [2.24, 2.45) is 0 Å². The fourth-order valence-corrected chi connectivity index (χ4v) is 3.79. The molecule has 1 fully saturated rings. The monoisotopic (exact) mass is 382 g/mol. The van der Waals surface area contributed by atoms with Crippen LogP contribution in [0.25, 0.3) is 22.2 Å². The van der Waals surface area contributed by atoms with Crippen LogP contribution in [0.2, 0.25) is 0 Å². The van der Waals surface area contributed by atoms with E-state index in [9.17, 15) is 8.42 Å². The Balaban J connectivity index is 1.65. The first-order valence-electron chi connectivity index (χ1n) is 9.18. The molecule has 2 heterocycles. The van der Waals surface area contributed by atoms with E-state index in [0.717, 1.165) is 46.6 Å². The molecule has 1 aromatic heterocycles. The molecule has 140 valence electrons. The van der Waals surface area contributed by atoms with Crippen molar-refractivity contribution in [3.63, 3.8) is 0 Å². The third-order valence-electron chi connectivity index (χ3n) is 4.88. The molecule has 1 saturated heterocycles. The summed E-state index contributed by atoms with van der Waals surface area (Å²) < 4.78 is 23.9. The fraction of sp³-hybridized carbons (Fsp3) is 0.300. The molecule has 0 saturated carbocycles. The molecular formula is C20H22N4O2S. The highest BCUT2D eigenvalue weighted by Gasteiger charge is 2.13. The van der Waals surface area contributed by atoms with Gasteiger partial charge in [-0.15, -0.1) is 0 Å². The van der Waals surface area contributed by atoms with Crippen LogP contribution in [0.4, 0.5) is 5.82 Å². The van der Waals surface area contributed by atoms with Gasteiger partial charge in [0.25, 0.3) is 0 Å². The molecule has 0 atom stereocenters. The number of hydrogen-bond donors (Lipinski definition) is 2. The Morgan fingerprint density at radius 1 is 0.963 bits per heavy atom. The molecule has 0 spiro atoms. The van der Waals surface area contributed by atoms with Crippen molar-refractivity contribution in [1.29, 1.82) is 0 Å². The van der Waals surface area contributed by atoms with Crippen LogP contribution in [0, 0.1) is 0 Å². The first-order valence-corrected chi connectivity index (χ1v) is 10.4. The molecule has 0 amide bonds. The molecule has 0 bridgehead atoms. The Bertz CT molecular complexity index is 1020. The summed E-state index contributed by atoms with van der Waals surface area (Å²) in [5.41, 5.74) is 4.74. The van der Waals surface area contributed by atoms with Gasteiger partial charge in [0.05, 0.1) is 17.2 Å². The van der Waals surface area contributed by atoms with Crippen molar-refractivity contribution < 1.29 is 8.42 Å². The number of benzene rings is 2. The van der Waals surface area contributed by atoms with E-state index in [4.69, 9.17) is 4.98 Å². The third kappa shape index (κ3) is 4.26. The molecule has 4 rings (SSSR count). The second kappa shape index (κ2) is 8.02. The molecule has 0 aliphatic carbocycles. The van der Waals surface area contributed by atoms with Crippen LogP contribution in [-0.4, -0.2) is 31.5 Å². The number of hydrogen-bond acceptors (Lipinski definition) is 5. The van der Waals surface area contributed by atoms with E-state index in [1.54, 1.807) is 0 Å². The molecule has 0 unspecified atom stereocenters. The molecule has 27 heavy (non-hydrogen) atoms. The van der Waals surface area contributed by atoms with Gasteiger partial charge in [-0.05, 0) is 54.2 Å². The van der Waals surface area contributed by atoms with Gasteiger partial charge in [0.2, 0.25) is 10.9 Å². The van der Waals surface area contributed by atoms with Crippen LogP contribution in [-0.2, 0) is 17.4 Å². The molecule has 7 heteroatoms. The zero-order valence-electron chi connectivity index (χ0n) is 15.0. The van der Waals surface area contributed by atoms with E-state index in [1.165, 1.54) is 19.3 Å². The fourth-order valence-electron chi connectivity index (χ4n) is 3.47. The number of piperidine rings is 1. The summed E-state index contributed by atoms with van der Waals surface area (Å²) in [5, 5.41) is 0. The van der Waals surface area contributed by atoms with Crippen LogP contribution in [0.15, 0.2) is 48.7 Å². The highest BCUT2D eigenvalue weighted by atomic mass is 32.2. The summed E-state index contributed by atoms with van der Waals surface area (Å²) in [6.45, 7) is 2.37. The van der Waals surface area contributed by atoms with Gasteiger partial charge in [-0.1, -0.05) is 24.3 Å². The number of nitrogens with zero attached hydrogens (tertiary/aromatic N) is 3. The van der Waals surface area contributed by atoms with Crippen LogP contribution in [0.1, 0.15) is 24.8 Å². The number of nitrogens with one attached hydrogen (secondary N) is 1. The molecule has 1 N–H and O–H groups in total. The van der Waals surface area contributed by atoms with Crippen LogP contribution in [0.3, 0.4) is 0 Å². The lowest BCUT2D eigenvalue weighted by Gasteiger charge is -2.27. The average Bonchev–Trinajstić information content (AvgIpc) is 2.72. The molecule has 2 aromatic carbocycles. The predicted octanol–water partition coefficient (Wildman–Crippen LogP) is 2.90. The van der Waals surface area contributed by atoms with E-state index in [2.05, 4.69) is 20.7 Å². The Labute approximate surface area is 160 Å². The lowest BCUT2D eigenvalue weighted by atomic mass is 10.0. The van der Waals surface area contributed by atoms with E-state index in [1.807, 2.05) is 42.6 Å². The van der Waals surface area contributed by atoms with Crippen molar-refractivity contribution in [1.82, 2.24) is 14.7 Å². The average molecular weight is 382 g/mol. The maximum Gasteiger partial charge on any atom is 0.201 e. The van der Waals surface area contributed by atoms with Crippen LogP contribution >= 0.6 is 0 Å². The van der Waals surface area contributed by atoms with Gasteiger partial charge in [-0.2, -0.15) is 0 Å². The number of anilines is 1. The van der Waals surface area contributed by atoms with Gasteiger partial charge in [0, 0.05) is 19.6 Å². The summed E-state index contributed by atoms with van der Waals surface area (Å²) in [6.07, 6.45) is 5.56. The normalized spacial score (nSPS) is 14.8. The molecule has 0 radical (unpaired) electrons. The summed E-state index contributed by atoms with van der Waals surface area (Å²) in [5.74, 6) is 0.941. The van der Waals surface area contributed by atoms with Crippen molar-refractivity contribution in [2.75, 3.05) is 18.0 Å². The van der Waals surface area contributed by atoms with Gasteiger partial charge >= 0.3 is 0 Å². The van der Waals surface area contributed by atoms with Gasteiger partial charge in [-0.3, -0.25) is 4.98 Å². The number of aromatic nitrogens is 2. The van der Waals surface area contributed by atoms with Gasteiger partial charge in [0.1, 0.15) is 5.82 Å². The quantitative estimate of drug-likeness (QED) is 0.664. The highest BCUT2D eigenvalue weighted by Crippen LogP contribution is 2.25. The van der Waals surface area contributed by atoms with Gasteiger partial charge in [0.15, 0.2) is 0 Å². The number of rotatable bonds is 5. The minimum Gasteiger partial charge on any atom is -0.355 e. The molecular weight excluding hydrogens is 360 g/mol. The zero-order valence-corrected chi connectivity index (χ0v) is 15.9. The first kappa shape index (κ1) is 17.9. The number of thiol groups is 1. The van der Waals surface area contributed by atoms with Crippen molar-refractivity contribution >= 4 is 27.7 Å².